The SMILES string of the molecule is CN=C(NC#N)SCC(=O)c1ccccc1. The highest BCUT2D eigenvalue weighted by atomic mass is 32.2. The number of Topliss-reactive ketones (excluding diaryl/α,β-unsaturated/α-hetero) is 1. The predicted octanol–water partition coefficient (Wildman–Crippen LogP) is 1.66. The van der Waals surface area contributed by atoms with Crippen molar-refractivity contribution in [3.63, 3.8) is 0 Å². The summed E-state index contributed by atoms with van der Waals surface area (Å²) in [7, 11) is 1.57. The van der Waals surface area contributed by atoms with Crippen LogP contribution in [0.25, 0.3) is 0 Å². The topological polar surface area (TPSA) is 65.2 Å². The fraction of sp³-hybridized carbons (Fsp3) is 0.182. The molecule has 0 amide bonds. The van der Waals surface area contributed by atoms with Crippen LogP contribution in [0.2, 0.25) is 0 Å². The number of hydrogen-bond donors (Lipinski definition) is 1. The highest BCUT2D eigenvalue weighted by Gasteiger charge is 2.07. The van der Waals surface area contributed by atoms with Crippen LogP contribution in [0.5, 0.6) is 0 Å². The van der Waals surface area contributed by atoms with Crippen LogP contribution in [-0.4, -0.2) is 23.8 Å². The molecule has 1 aromatic rings. The molecule has 1 aromatic carbocycles. The van der Waals surface area contributed by atoms with Crippen molar-refractivity contribution in [2.75, 3.05) is 12.8 Å². The number of hydrogen-bond acceptors (Lipinski definition) is 4. The molecule has 82 valence electrons. The Hall–Kier alpha value is -1.80. The van der Waals surface area contributed by atoms with Gasteiger partial charge in [0.05, 0.1) is 5.75 Å². The summed E-state index contributed by atoms with van der Waals surface area (Å²) in [6, 6.07) is 9.04. The van der Waals surface area contributed by atoms with Crippen molar-refractivity contribution in [3.05, 3.63) is 35.9 Å². The number of nitrogens with one attached hydrogen (secondary N) is 1. The van der Waals surface area contributed by atoms with Gasteiger partial charge in [-0.15, -0.1) is 0 Å². The van der Waals surface area contributed by atoms with Gasteiger partial charge in [-0.25, -0.2) is 0 Å². The van der Waals surface area contributed by atoms with Gasteiger partial charge < -0.3 is 0 Å². The largest absolute Gasteiger partial charge is 0.293 e. The van der Waals surface area contributed by atoms with E-state index in [-0.39, 0.29) is 11.5 Å². The lowest BCUT2D eigenvalue weighted by Crippen LogP contribution is -2.16. The zero-order valence-corrected chi connectivity index (χ0v) is 9.62. The lowest BCUT2D eigenvalue weighted by molar-refractivity contribution is 0.102. The number of aliphatic imine (C=N–C) groups is 1. The number of thioether (sulfide) groups is 1. The molecular formula is C11H11N3OS. The maximum atomic E-state index is 11.7. The normalized spacial score (nSPS) is 10.6. The smallest absolute Gasteiger partial charge is 0.183 e. The van der Waals surface area contributed by atoms with E-state index in [1.54, 1.807) is 25.4 Å². The van der Waals surface area contributed by atoms with Crippen molar-refractivity contribution in [1.29, 1.82) is 5.26 Å². The van der Waals surface area contributed by atoms with E-state index in [4.69, 9.17) is 5.26 Å². The van der Waals surface area contributed by atoms with Crippen LogP contribution >= 0.6 is 11.8 Å². The zero-order valence-electron chi connectivity index (χ0n) is 8.80. The lowest BCUT2D eigenvalue weighted by Gasteiger charge is -2.02. The fourth-order valence-corrected chi connectivity index (χ4v) is 1.73. The van der Waals surface area contributed by atoms with Crippen molar-refractivity contribution >= 4 is 22.7 Å². The van der Waals surface area contributed by atoms with Gasteiger partial charge in [0, 0.05) is 12.6 Å². The van der Waals surface area contributed by atoms with Crippen LogP contribution in [0.4, 0.5) is 0 Å². The van der Waals surface area contributed by atoms with Crippen LogP contribution in [0.15, 0.2) is 35.3 Å². The van der Waals surface area contributed by atoms with Gasteiger partial charge in [0.1, 0.15) is 0 Å². The molecule has 1 rings (SSSR count). The highest BCUT2D eigenvalue weighted by molar-refractivity contribution is 8.14. The van der Waals surface area contributed by atoms with Crippen molar-refractivity contribution < 1.29 is 4.79 Å². The molecule has 0 spiro atoms. The molecular weight excluding hydrogens is 222 g/mol. The summed E-state index contributed by atoms with van der Waals surface area (Å²) in [4.78, 5) is 15.5. The van der Waals surface area contributed by atoms with Crippen LogP contribution in [0, 0.1) is 11.5 Å². The minimum Gasteiger partial charge on any atom is -0.293 e. The summed E-state index contributed by atoms with van der Waals surface area (Å²) >= 11 is 1.22. The molecule has 0 aliphatic heterocycles. The molecule has 16 heavy (non-hydrogen) atoms. The number of nitrogens with zero attached hydrogens (tertiary/aromatic N) is 2. The molecule has 0 heterocycles. The Morgan fingerprint density at radius 3 is 2.75 bits per heavy atom. The number of ketones is 1. The molecule has 0 fully saturated rings. The monoisotopic (exact) mass is 233 g/mol. The number of nitriles is 1. The third-order valence-corrected chi connectivity index (χ3v) is 2.77. The van der Waals surface area contributed by atoms with E-state index >= 15 is 0 Å². The van der Waals surface area contributed by atoms with Gasteiger partial charge >= 0.3 is 0 Å². The second kappa shape index (κ2) is 6.64. The molecule has 0 unspecified atom stereocenters. The number of amidine groups is 1. The minimum absolute atomic E-state index is 0.0199. The lowest BCUT2D eigenvalue weighted by atomic mass is 10.2. The Morgan fingerprint density at radius 2 is 2.19 bits per heavy atom. The number of benzene rings is 1. The van der Waals surface area contributed by atoms with Crippen molar-refractivity contribution in [2.45, 2.75) is 0 Å². The molecule has 0 aliphatic rings. The second-order valence-corrected chi connectivity index (χ2v) is 3.81. The molecule has 0 radical (unpaired) electrons. The van der Waals surface area contributed by atoms with Gasteiger partial charge in [0.25, 0.3) is 0 Å². The molecule has 5 heteroatoms. The summed E-state index contributed by atoms with van der Waals surface area (Å²) in [5.74, 6) is 0.289. The van der Waals surface area contributed by atoms with E-state index < -0.39 is 0 Å². The Morgan fingerprint density at radius 1 is 1.50 bits per heavy atom. The molecule has 1 N–H and O–H groups in total. The number of rotatable bonds is 3. The van der Waals surface area contributed by atoms with Gasteiger partial charge in [-0.1, -0.05) is 42.1 Å². The molecule has 4 nitrogen and oxygen atoms in total. The van der Waals surface area contributed by atoms with Gasteiger partial charge in [-0.05, 0) is 0 Å². The molecule has 0 saturated heterocycles. The maximum Gasteiger partial charge on any atom is 0.183 e. The van der Waals surface area contributed by atoms with Crippen LogP contribution in [-0.2, 0) is 0 Å². The summed E-state index contributed by atoms with van der Waals surface area (Å²) in [5.41, 5.74) is 0.669. The van der Waals surface area contributed by atoms with E-state index in [1.165, 1.54) is 11.8 Å². The highest BCUT2D eigenvalue weighted by Crippen LogP contribution is 2.07. The quantitative estimate of drug-likeness (QED) is 0.283. The molecule has 0 atom stereocenters. The Balaban J connectivity index is 2.51. The van der Waals surface area contributed by atoms with E-state index in [0.717, 1.165) is 0 Å². The average molecular weight is 233 g/mol. The first kappa shape index (κ1) is 12.3. The third kappa shape index (κ3) is 3.75. The molecule has 0 bridgehead atoms. The first-order valence-corrected chi connectivity index (χ1v) is 5.59. The first-order chi connectivity index (χ1) is 7.77. The van der Waals surface area contributed by atoms with E-state index in [9.17, 15) is 4.79 Å². The summed E-state index contributed by atoms with van der Waals surface area (Å²) < 4.78 is 0. The maximum absolute atomic E-state index is 11.7. The van der Waals surface area contributed by atoms with Gasteiger partial charge in [0.2, 0.25) is 0 Å². The standard InChI is InChI=1S/C11H11N3OS/c1-13-11(14-8-12)16-7-10(15)9-5-3-2-4-6-9/h2-6H,7H2,1H3,(H,13,14). The molecule has 0 saturated carbocycles. The second-order valence-electron chi connectivity index (χ2n) is 2.84. The zero-order chi connectivity index (χ0) is 11.8. The Labute approximate surface area is 98.4 Å². The van der Waals surface area contributed by atoms with Crippen molar-refractivity contribution in [2.24, 2.45) is 4.99 Å². The average Bonchev–Trinajstić information content (AvgIpc) is 2.35. The summed E-state index contributed by atoms with van der Waals surface area (Å²) in [6.45, 7) is 0. The van der Waals surface area contributed by atoms with E-state index in [1.807, 2.05) is 18.2 Å². The van der Waals surface area contributed by atoms with Crippen LogP contribution in [0.1, 0.15) is 10.4 Å². The van der Waals surface area contributed by atoms with E-state index in [2.05, 4.69) is 10.3 Å². The van der Waals surface area contributed by atoms with Gasteiger partial charge in [-0.3, -0.25) is 15.1 Å². The van der Waals surface area contributed by atoms with Crippen molar-refractivity contribution in [3.8, 4) is 6.19 Å². The number of carbonyl (C=O) groups is 1. The fourth-order valence-electron chi connectivity index (χ4n) is 1.05. The molecule has 0 aliphatic carbocycles. The number of carbonyl (C=O) groups excluding carboxylic acids is 1. The first-order valence-electron chi connectivity index (χ1n) is 4.61. The van der Waals surface area contributed by atoms with Crippen LogP contribution in [0.3, 0.4) is 0 Å². The molecule has 0 aromatic heterocycles. The van der Waals surface area contributed by atoms with Gasteiger partial charge in [-0.2, -0.15) is 5.26 Å². The Bertz CT molecular complexity index is 423. The minimum atomic E-state index is 0.0199. The van der Waals surface area contributed by atoms with Crippen molar-refractivity contribution in [1.82, 2.24) is 5.32 Å². The van der Waals surface area contributed by atoms with Crippen LogP contribution < -0.4 is 5.32 Å². The summed E-state index contributed by atoms with van der Waals surface area (Å²) in [6.07, 6.45) is 1.77. The Kier molecular flexibility index (Phi) is 5.09. The summed E-state index contributed by atoms with van der Waals surface area (Å²) in [5, 5.41) is 11.3. The van der Waals surface area contributed by atoms with Gasteiger partial charge in [0.15, 0.2) is 17.1 Å². The third-order valence-electron chi connectivity index (χ3n) is 1.80. The van der Waals surface area contributed by atoms with E-state index in [0.29, 0.717) is 10.7 Å². The predicted molar refractivity (Wildman–Crippen MR) is 65.3 cm³/mol.